The third-order valence-electron chi connectivity index (χ3n) is 3.76. The summed E-state index contributed by atoms with van der Waals surface area (Å²) in [5.41, 5.74) is 0.446. The van der Waals surface area contributed by atoms with Crippen molar-refractivity contribution in [2.75, 3.05) is 26.3 Å². The van der Waals surface area contributed by atoms with Gasteiger partial charge in [-0.2, -0.15) is 0 Å². The largest absolute Gasteiger partial charge is 0.490 e. The molecule has 0 saturated carbocycles. The number of para-hydroxylation sites is 2. The van der Waals surface area contributed by atoms with Crippen LogP contribution in [0.5, 0.6) is 11.5 Å². The number of nitrogens with one attached hydrogen (secondary N) is 1. The first-order valence-corrected chi connectivity index (χ1v) is 9.06. The lowest BCUT2D eigenvalue weighted by Gasteiger charge is -2.22. The molecule has 0 unspecified atom stereocenters. The number of hydrogen-bond donors (Lipinski definition) is 1. The number of ether oxygens (including phenoxy) is 2. The summed E-state index contributed by atoms with van der Waals surface area (Å²) in [6.45, 7) is 6.18. The van der Waals surface area contributed by atoms with Gasteiger partial charge in [0.2, 0.25) is 0 Å². The Morgan fingerprint density at radius 1 is 0.962 bits per heavy atom. The van der Waals surface area contributed by atoms with Crippen LogP contribution in [-0.4, -0.2) is 42.2 Å². The lowest BCUT2D eigenvalue weighted by Crippen LogP contribution is -2.42. The maximum absolute atomic E-state index is 12.5. The molecule has 0 radical (unpaired) electrons. The smallest absolute Gasteiger partial charge is 0.261 e. The Kier molecular flexibility index (Phi) is 7.89. The highest BCUT2D eigenvalue weighted by molar-refractivity contribution is 7.80. The minimum atomic E-state index is -0.276. The molecule has 0 aliphatic carbocycles. The highest BCUT2D eigenvalue weighted by atomic mass is 32.1. The van der Waals surface area contributed by atoms with E-state index in [9.17, 15) is 4.79 Å². The van der Waals surface area contributed by atoms with Crippen molar-refractivity contribution in [2.24, 2.45) is 0 Å². The Bertz CT molecular complexity index is 718. The van der Waals surface area contributed by atoms with Gasteiger partial charge in [0.15, 0.2) is 5.11 Å². The van der Waals surface area contributed by atoms with E-state index >= 15 is 0 Å². The van der Waals surface area contributed by atoms with Gasteiger partial charge in [-0.15, -0.1) is 0 Å². The molecule has 0 aliphatic heterocycles. The van der Waals surface area contributed by atoms with Crippen LogP contribution in [0, 0.1) is 0 Å². The molecule has 0 spiro atoms. The quantitative estimate of drug-likeness (QED) is 0.568. The van der Waals surface area contributed by atoms with E-state index in [4.69, 9.17) is 21.7 Å². The second-order valence-electron chi connectivity index (χ2n) is 5.44. The van der Waals surface area contributed by atoms with Crippen LogP contribution >= 0.6 is 12.2 Å². The van der Waals surface area contributed by atoms with Crippen LogP contribution in [0.25, 0.3) is 0 Å². The molecule has 1 amide bonds. The van der Waals surface area contributed by atoms with Crippen molar-refractivity contribution >= 4 is 23.2 Å². The summed E-state index contributed by atoms with van der Waals surface area (Å²) in [5, 5.41) is 3.18. The summed E-state index contributed by atoms with van der Waals surface area (Å²) < 4.78 is 11.3. The van der Waals surface area contributed by atoms with Crippen LogP contribution < -0.4 is 14.8 Å². The van der Waals surface area contributed by atoms with Gasteiger partial charge in [0, 0.05) is 13.1 Å². The third-order valence-corrected chi connectivity index (χ3v) is 4.12. The Morgan fingerprint density at radius 2 is 1.58 bits per heavy atom. The molecule has 1 N–H and O–H groups in total. The van der Waals surface area contributed by atoms with E-state index in [1.807, 2.05) is 55.1 Å². The fourth-order valence-electron chi connectivity index (χ4n) is 2.36. The molecule has 26 heavy (non-hydrogen) atoms. The highest BCUT2D eigenvalue weighted by Crippen LogP contribution is 2.18. The number of nitrogens with zero attached hydrogens (tertiary/aromatic N) is 1. The third kappa shape index (κ3) is 5.74. The molecule has 5 nitrogen and oxygen atoms in total. The minimum absolute atomic E-state index is 0.276. The number of hydrogen-bond acceptors (Lipinski definition) is 4. The van der Waals surface area contributed by atoms with Gasteiger partial charge >= 0.3 is 0 Å². The van der Waals surface area contributed by atoms with Crippen LogP contribution in [0.4, 0.5) is 0 Å². The maximum atomic E-state index is 12.5. The summed E-state index contributed by atoms with van der Waals surface area (Å²) in [7, 11) is 0. The van der Waals surface area contributed by atoms with Crippen molar-refractivity contribution in [1.82, 2.24) is 10.2 Å². The molecular weight excluding hydrogens is 348 g/mol. The molecule has 0 fully saturated rings. The summed E-state index contributed by atoms with van der Waals surface area (Å²) in [4.78, 5) is 14.4. The zero-order chi connectivity index (χ0) is 18.8. The SMILES string of the molecule is CCN(CC)C(=S)NC(=O)c1ccccc1OCCOc1ccccc1. The van der Waals surface area contributed by atoms with E-state index in [0.29, 0.717) is 29.6 Å². The molecule has 138 valence electrons. The zero-order valence-electron chi connectivity index (χ0n) is 15.1. The number of thiocarbonyl (C=S) groups is 1. The van der Waals surface area contributed by atoms with E-state index in [1.54, 1.807) is 18.2 Å². The zero-order valence-corrected chi connectivity index (χ0v) is 15.9. The molecule has 0 saturated heterocycles. The Hall–Kier alpha value is -2.60. The van der Waals surface area contributed by atoms with E-state index in [1.165, 1.54) is 0 Å². The fourth-order valence-corrected chi connectivity index (χ4v) is 2.71. The second kappa shape index (κ2) is 10.4. The minimum Gasteiger partial charge on any atom is -0.490 e. The van der Waals surface area contributed by atoms with Crippen LogP contribution in [-0.2, 0) is 0 Å². The normalized spacial score (nSPS) is 10.1. The predicted octanol–water partition coefficient (Wildman–Crippen LogP) is 3.50. The molecular formula is C20H24N2O3S. The van der Waals surface area contributed by atoms with Crippen LogP contribution in [0.15, 0.2) is 54.6 Å². The average molecular weight is 372 g/mol. The number of amides is 1. The number of benzene rings is 2. The Morgan fingerprint density at radius 3 is 2.27 bits per heavy atom. The van der Waals surface area contributed by atoms with Gasteiger partial charge in [0.05, 0.1) is 5.56 Å². The molecule has 6 heteroatoms. The summed E-state index contributed by atoms with van der Waals surface area (Å²) in [6, 6.07) is 16.6. The van der Waals surface area contributed by atoms with Crippen LogP contribution in [0.3, 0.4) is 0 Å². The van der Waals surface area contributed by atoms with Gasteiger partial charge in [0.25, 0.3) is 5.91 Å². The fraction of sp³-hybridized carbons (Fsp3) is 0.300. The Labute approximate surface area is 159 Å². The molecule has 0 aromatic heterocycles. The lowest BCUT2D eigenvalue weighted by molar-refractivity contribution is 0.0968. The van der Waals surface area contributed by atoms with Gasteiger partial charge in [-0.1, -0.05) is 30.3 Å². The van der Waals surface area contributed by atoms with E-state index in [-0.39, 0.29) is 5.91 Å². The van der Waals surface area contributed by atoms with Crippen molar-refractivity contribution in [1.29, 1.82) is 0 Å². The first-order valence-electron chi connectivity index (χ1n) is 8.65. The summed E-state index contributed by atoms with van der Waals surface area (Å²) in [6.07, 6.45) is 0. The van der Waals surface area contributed by atoms with Gasteiger partial charge in [-0.3, -0.25) is 10.1 Å². The second-order valence-corrected chi connectivity index (χ2v) is 5.82. The average Bonchev–Trinajstić information content (AvgIpc) is 2.67. The molecule has 0 bridgehead atoms. The van der Waals surface area contributed by atoms with Gasteiger partial charge in [-0.05, 0) is 50.3 Å². The maximum Gasteiger partial charge on any atom is 0.261 e. The predicted molar refractivity (Wildman–Crippen MR) is 107 cm³/mol. The molecule has 0 heterocycles. The van der Waals surface area contributed by atoms with E-state index in [2.05, 4.69) is 5.32 Å². The van der Waals surface area contributed by atoms with Crippen molar-refractivity contribution < 1.29 is 14.3 Å². The molecule has 2 aromatic carbocycles. The van der Waals surface area contributed by atoms with Crippen LogP contribution in [0.2, 0.25) is 0 Å². The molecule has 0 aliphatic rings. The van der Waals surface area contributed by atoms with Crippen molar-refractivity contribution in [2.45, 2.75) is 13.8 Å². The number of carbonyl (C=O) groups is 1. The lowest BCUT2D eigenvalue weighted by atomic mass is 10.2. The van der Waals surface area contributed by atoms with Gasteiger partial charge in [-0.25, -0.2) is 0 Å². The van der Waals surface area contributed by atoms with Gasteiger partial charge in [0.1, 0.15) is 24.7 Å². The number of rotatable bonds is 8. The van der Waals surface area contributed by atoms with Crippen molar-refractivity contribution in [3.63, 3.8) is 0 Å². The van der Waals surface area contributed by atoms with E-state index in [0.717, 1.165) is 18.8 Å². The summed E-state index contributed by atoms with van der Waals surface area (Å²) >= 11 is 5.29. The molecule has 2 rings (SSSR count). The number of carbonyl (C=O) groups excluding carboxylic acids is 1. The van der Waals surface area contributed by atoms with Crippen molar-refractivity contribution in [3.05, 3.63) is 60.2 Å². The van der Waals surface area contributed by atoms with E-state index < -0.39 is 0 Å². The van der Waals surface area contributed by atoms with Gasteiger partial charge < -0.3 is 14.4 Å². The first kappa shape index (κ1) is 19.7. The molecule has 0 atom stereocenters. The standard InChI is InChI=1S/C20H24N2O3S/c1-3-22(4-2)20(26)21-19(23)17-12-8-9-13-18(17)25-15-14-24-16-10-6-5-7-11-16/h5-13H,3-4,14-15H2,1-2H3,(H,21,23,26). The summed E-state index contributed by atoms with van der Waals surface area (Å²) in [5.74, 6) is 1.01. The topological polar surface area (TPSA) is 50.8 Å². The first-order chi connectivity index (χ1) is 12.7. The Balaban J connectivity index is 1.92. The monoisotopic (exact) mass is 372 g/mol. The van der Waals surface area contributed by atoms with Crippen LogP contribution in [0.1, 0.15) is 24.2 Å². The van der Waals surface area contributed by atoms with Crippen molar-refractivity contribution in [3.8, 4) is 11.5 Å². The molecule has 2 aromatic rings. The highest BCUT2D eigenvalue weighted by Gasteiger charge is 2.15.